The third kappa shape index (κ3) is 3.31. The van der Waals surface area contributed by atoms with Crippen LogP contribution in [-0.2, 0) is 7.05 Å². The molecule has 1 amide bonds. The van der Waals surface area contributed by atoms with Crippen molar-refractivity contribution in [1.82, 2.24) is 14.5 Å². The molecule has 0 aliphatic heterocycles. The average molecular weight is 359 g/mol. The molecule has 0 bridgehead atoms. The summed E-state index contributed by atoms with van der Waals surface area (Å²) < 4.78 is 24.3. The zero-order chi connectivity index (χ0) is 21.5. The predicted octanol–water partition coefficient (Wildman–Crippen LogP) is 4.50. The quantitative estimate of drug-likeness (QED) is 0.586. The minimum Gasteiger partial charge on any atom is -0.331 e. The number of carbonyl (C=O) groups is 1. The van der Waals surface area contributed by atoms with Crippen LogP contribution >= 0.6 is 0 Å². The number of anilines is 1. The first kappa shape index (κ1) is 13.7. The monoisotopic (exact) mass is 359 g/mol. The van der Waals surface area contributed by atoms with Gasteiger partial charge in [-0.3, -0.25) is 4.79 Å². The SMILES string of the molecule is [2H]C([2H])([2H])c1ccc(C(=O)Nc2cc3cc(-c4cnc(C)n4C)ccc3cn2)cc1. The van der Waals surface area contributed by atoms with Gasteiger partial charge in [0.05, 0.1) is 11.9 Å². The van der Waals surface area contributed by atoms with Gasteiger partial charge in [0, 0.05) is 33.9 Å². The van der Waals surface area contributed by atoms with Crippen molar-refractivity contribution in [3.63, 3.8) is 0 Å². The number of pyridine rings is 1. The molecule has 1 N–H and O–H groups in total. The fraction of sp³-hybridized carbons (Fsp3) is 0.136. The van der Waals surface area contributed by atoms with Gasteiger partial charge in [-0.25, -0.2) is 9.97 Å². The Morgan fingerprint density at radius 1 is 1.04 bits per heavy atom. The highest BCUT2D eigenvalue weighted by Gasteiger charge is 2.09. The summed E-state index contributed by atoms with van der Waals surface area (Å²) in [5, 5.41) is 4.67. The van der Waals surface area contributed by atoms with Gasteiger partial charge in [0.15, 0.2) is 0 Å². The molecule has 0 aliphatic rings. The average Bonchev–Trinajstić information content (AvgIpc) is 3.05. The Morgan fingerprint density at radius 2 is 1.85 bits per heavy atom. The van der Waals surface area contributed by atoms with Crippen molar-refractivity contribution in [3.05, 3.63) is 77.9 Å². The number of nitrogens with zero attached hydrogens (tertiary/aromatic N) is 3. The lowest BCUT2D eigenvalue weighted by molar-refractivity contribution is 0.102. The smallest absolute Gasteiger partial charge is 0.256 e. The van der Waals surface area contributed by atoms with E-state index in [4.69, 9.17) is 4.11 Å². The van der Waals surface area contributed by atoms with Gasteiger partial charge < -0.3 is 9.88 Å². The maximum Gasteiger partial charge on any atom is 0.256 e. The van der Waals surface area contributed by atoms with Crippen LogP contribution in [0.4, 0.5) is 5.82 Å². The Kier molecular flexibility index (Phi) is 3.39. The van der Waals surface area contributed by atoms with Crippen LogP contribution < -0.4 is 5.32 Å². The van der Waals surface area contributed by atoms with Crippen molar-refractivity contribution in [1.29, 1.82) is 0 Å². The van der Waals surface area contributed by atoms with Gasteiger partial charge in [-0.05, 0) is 43.4 Å². The van der Waals surface area contributed by atoms with E-state index in [1.165, 1.54) is 24.3 Å². The van der Waals surface area contributed by atoms with Crippen LogP contribution in [0.3, 0.4) is 0 Å². The first-order valence-electron chi connectivity index (χ1n) is 10.0. The van der Waals surface area contributed by atoms with Gasteiger partial charge in [-0.1, -0.05) is 29.8 Å². The number of fused-ring (bicyclic) bond motifs is 1. The second kappa shape index (κ2) is 6.68. The summed E-state index contributed by atoms with van der Waals surface area (Å²) in [6, 6.07) is 13.7. The Bertz CT molecular complexity index is 1240. The fourth-order valence-electron chi connectivity index (χ4n) is 2.95. The largest absolute Gasteiger partial charge is 0.331 e. The van der Waals surface area contributed by atoms with E-state index in [0.717, 1.165) is 27.9 Å². The number of amides is 1. The normalized spacial score (nSPS) is 13.0. The zero-order valence-electron chi connectivity index (χ0n) is 18.0. The van der Waals surface area contributed by atoms with Crippen LogP contribution in [-0.4, -0.2) is 20.4 Å². The van der Waals surface area contributed by atoms with Crippen molar-refractivity contribution in [2.24, 2.45) is 7.05 Å². The first-order chi connectivity index (χ1) is 14.2. The van der Waals surface area contributed by atoms with Gasteiger partial charge in [-0.15, -0.1) is 0 Å². The highest BCUT2D eigenvalue weighted by molar-refractivity contribution is 6.04. The molecule has 2 aromatic carbocycles. The summed E-state index contributed by atoms with van der Waals surface area (Å²) in [7, 11) is 1.97. The van der Waals surface area contributed by atoms with Gasteiger partial charge in [0.25, 0.3) is 5.91 Å². The van der Waals surface area contributed by atoms with Crippen molar-refractivity contribution in [2.45, 2.75) is 13.8 Å². The number of aryl methyl sites for hydroxylation is 2. The van der Waals surface area contributed by atoms with Crippen molar-refractivity contribution in [3.8, 4) is 11.3 Å². The van der Waals surface area contributed by atoms with Gasteiger partial charge in [0.1, 0.15) is 11.6 Å². The van der Waals surface area contributed by atoms with E-state index in [9.17, 15) is 4.79 Å². The number of carbonyl (C=O) groups excluding carboxylic acids is 1. The second-order valence-corrected chi connectivity index (χ2v) is 6.41. The number of rotatable bonds is 3. The second-order valence-electron chi connectivity index (χ2n) is 6.41. The predicted molar refractivity (Wildman–Crippen MR) is 108 cm³/mol. The molecular weight excluding hydrogens is 336 g/mol. The zero-order valence-corrected chi connectivity index (χ0v) is 15.0. The Morgan fingerprint density at radius 3 is 2.56 bits per heavy atom. The summed E-state index contributed by atoms with van der Waals surface area (Å²) in [5.41, 5.74) is 2.59. The molecule has 134 valence electrons. The van der Waals surface area contributed by atoms with Crippen LogP contribution in [0.5, 0.6) is 0 Å². The maximum absolute atomic E-state index is 12.5. The summed E-state index contributed by atoms with van der Waals surface area (Å²) in [5.74, 6) is 1.00. The molecule has 2 aromatic heterocycles. The van der Waals surface area contributed by atoms with Crippen LogP contribution in [0, 0.1) is 13.8 Å². The molecule has 0 saturated carbocycles. The number of aromatic nitrogens is 3. The molecule has 0 saturated heterocycles. The van der Waals surface area contributed by atoms with Crippen molar-refractivity contribution < 1.29 is 8.91 Å². The number of hydrogen-bond donors (Lipinski definition) is 1. The molecule has 0 unspecified atom stereocenters. The van der Waals surface area contributed by atoms with Crippen LogP contribution in [0.2, 0.25) is 0 Å². The molecular formula is C22H20N4O. The third-order valence-electron chi connectivity index (χ3n) is 4.63. The number of benzene rings is 2. The third-order valence-corrected chi connectivity index (χ3v) is 4.63. The minimum absolute atomic E-state index is 0.195. The molecule has 4 rings (SSSR count). The molecule has 4 aromatic rings. The van der Waals surface area contributed by atoms with Crippen LogP contribution in [0.1, 0.15) is 25.9 Å². The van der Waals surface area contributed by atoms with E-state index < -0.39 is 6.85 Å². The van der Waals surface area contributed by atoms with E-state index in [-0.39, 0.29) is 11.5 Å². The van der Waals surface area contributed by atoms with E-state index >= 15 is 0 Å². The van der Waals surface area contributed by atoms with Gasteiger partial charge in [0.2, 0.25) is 0 Å². The fourth-order valence-corrected chi connectivity index (χ4v) is 2.95. The van der Waals surface area contributed by atoms with E-state index in [2.05, 4.69) is 15.3 Å². The number of hydrogen-bond acceptors (Lipinski definition) is 3. The minimum atomic E-state index is -2.20. The van der Waals surface area contributed by atoms with Gasteiger partial charge in [-0.2, -0.15) is 0 Å². The van der Waals surface area contributed by atoms with Gasteiger partial charge >= 0.3 is 0 Å². The molecule has 0 fully saturated rings. The summed E-state index contributed by atoms with van der Waals surface area (Å²) in [6.07, 6.45) is 3.55. The van der Waals surface area contributed by atoms with E-state index in [1.54, 1.807) is 6.20 Å². The molecule has 0 spiro atoms. The number of imidazole rings is 1. The van der Waals surface area contributed by atoms with Crippen LogP contribution in [0.15, 0.2) is 60.9 Å². The lowest BCUT2D eigenvalue weighted by atomic mass is 10.1. The van der Waals surface area contributed by atoms with Crippen LogP contribution in [0.25, 0.3) is 22.0 Å². The maximum atomic E-state index is 12.5. The molecule has 0 atom stereocenters. The van der Waals surface area contributed by atoms with Crippen molar-refractivity contribution in [2.75, 3.05) is 5.32 Å². The van der Waals surface area contributed by atoms with Crippen molar-refractivity contribution >= 4 is 22.5 Å². The Hall–Kier alpha value is -3.47. The molecule has 5 heteroatoms. The van der Waals surface area contributed by atoms with E-state index in [0.29, 0.717) is 11.4 Å². The molecule has 0 aliphatic carbocycles. The topological polar surface area (TPSA) is 59.8 Å². The van der Waals surface area contributed by atoms with E-state index in [1.807, 2.05) is 49.0 Å². The Labute approximate surface area is 161 Å². The lowest BCUT2D eigenvalue weighted by Crippen LogP contribution is -2.12. The molecule has 27 heavy (non-hydrogen) atoms. The molecule has 2 heterocycles. The summed E-state index contributed by atoms with van der Waals surface area (Å²) >= 11 is 0. The highest BCUT2D eigenvalue weighted by Crippen LogP contribution is 2.26. The molecule has 5 nitrogen and oxygen atoms in total. The lowest BCUT2D eigenvalue weighted by Gasteiger charge is -2.08. The standard InChI is InChI=1S/C22H20N4O/c1-14-4-6-16(7-5-14)22(27)25-21-11-19-10-17(8-9-18(19)12-24-21)20-13-23-15(2)26(20)3/h4-13H,1-3H3,(H,24,25,27)/i1D3. The first-order valence-corrected chi connectivity index (χ1v) is 8.53. The Balaban J connectivity index is 1.60. The summed E-state index contributed by atoms with van der Waals surface area (Å²) in [6.45, 7) is -0.244. The highest BCUT2D eigenvalue weighted by atomic mass is 16.1. The summed E-state index contributed by atoms with van der Waals surface area (Å²) in [4.78, 5) is 21.2. The number of nitrogens with one attached hydrogen (secondary N) is 1. The molecule has 0 radical (unpaired) electrons.